The Morgan fingerprint density at radius 1 is 0.226 bits per heavy atom. The molecule has 62 heavy (non-hydrogen) atoms. The van der Waals surface area contributed by atoms with Gasteiger partial charge in [-0.3, -0.25) is 0 Å². The van der Waals surface area contributed by atoms with Crippen LogP contribution in [0.4, 0.5) is 0 Å². The highest BCUT2D eigenvalue weighted by Gasteiger charge is 2.19. The molecule has 5 heteroatoms. The Kier molecular flexibility index (Phi) is 8.42. The van der Waals surface area contributed by atoms with Gasteiger partial charge in [-0.25, -0.2) is 15.0 Å². The van der Waals surface area contributed by atoms with E-state index >= 15 is 0 Å². The summed E-state index contributed by atoms with van der Waals surface area (Å²) in [5.74, 6) is 1.87. The molecule has 0 radical (unpaired) electrons. The first kappa shape index (κ1) is 35.5. The second kappa shape index (κ2) is 14.7. The highest BCUT2D eigenvalue weighted by Crippen LogP contribution is 2.40. The van der Waals surface area contributed by atoms with Gasteiger partial charge in [0.15, 0.2) is 17.5 Å². The van der Waals surface area contributed by atoms with Crippen LogP contribution in [-0.4, -0.2) is 24.1 Å². The van der Waals surface area contributed by atoms with Gasteiger partial charge in [-0.1, -0.05) is 170 Å². The lowest BCUT2D eigenvalue weighted by atomic mass is 10.0. The average Bonchev–Trinajstić information content (AvgIpc) is 3.87. The van der Waals surface area contributed by atoms with E-state index in [1.165, 1.54) is 32.6 Å². The van der Waals surface area contributed by atoms with E-state index in [4.69, 9.17) is 15.0 Å². The van der Waals surface area contributed by atoms with E-state index in [-0.39, 0.29) is 0 Å². The van der Waals surface area contributed by atoms with E-state index in [2.05, 4.69) is 197 Å². The van der Waals surface area contributed by atoms with Crippen molar-refractivity contribution in [1.82, 2.24) is 24.1 Å². The Morgan fingerprint density at radius 2 is 0.613 bits per heavy atom. The zero-order chi connectivity index (χ0) is 41.0. The lowest BCUT2D eigenvalue weighted by molar-refractivity contribution is 1.07. The summed E-state index contributed by atoms with van der Waals surface area (Å²) in [5.41, 5.74) is 14.0. The fourth-order valence-corrected chi connectivity index (χ4v) is 9.04. The highest BCUT2D eigenvalue weighted by molar-refractivity contribution is 6.12. The largest absolute Gasteiger partial charge is 0.309 e. The molecular formula is C57H37N5. The molecule has 3 aromatic heterocycles. The molecule has 5 nitrogen and oxygen atoms in total. The van der Waals surface area contributed by atoms with E-state index < -0.39 is 0 Å². The number of benzene rings is 9. The maximum atomic E-state index is 5.17. The lowest BCUT2D eigenvalue weighted by Gasteiger charge is -2.15. The van der Waals surface area contributed by atoms with Gasteiger partial charge >= 0.3 is 0 Å². The quantitative estimate of drug-likeness (QED) is 0.162. The fourth-order valence-electron chi connectivity index (χ4n) is 9.04. The number of nitrogens with zero attached hydrogens (tertiary/aromatic N) is 5. The zero-order valence-electron chi connectivity index (χ0n) is 33.6. The van der Waals surface area contributed by atoms with Gasteiger partial charge in [-0.2, -0.15) is 0 Å². The molecule has 0 amide bonds. The highest BCUT2D eigenvalue weighted by atomic mass is 15.0. The molecule has 0 aliphatic rings. The normalized spacial score (nSPS) is 11.5. The minimum Gasteiger partial charge on any atom is -0.309 e. The summed E-state index contributed by atoms with van der Waals surface area (Å²) in [7, 11) is 0. The number of rotatable bonds is 7. The Hall–Kier alpha value is -8.41. The van der Waals surface area contributed by atoms with Crippen molar-refractivity contribution in [3.8, 4) is 67.8 Å². The second-order valence-corrected chi connectivity index (χ2v) is 15.7. The van der Waals surface area contributed by atoms with Gasteiger partial charge in [0.05, 0.1) is 22.1 Å². The van der Waals surface area contributed by atoms with Crippen LogP contribution in [0.25, 0.3) is 111 Å². The van der Waals surface area contributed by atoms with E-state index in [9.17, 15) is 0 Å². The second-order valence-electron chi connectivity index (χ2n) is 15.7. The lowest BCUT2D eigenvalue weighted by Crippen LogP contribution is -2.01. The molecule has 0 spiro atoms. The predicted molar refractivity (Wildman–Crippen MR) is 256 cm³/mol. The van der Waals surface area contributed by atoms with E-state index in [0.29, 0.717) is 17.5 Å². The van der Waals surface area contributed by atoms with Gasteiger partial charge in [0.2, 0.25) is 0 Å². The Labute approximate surface area is 358 Å². The van der Waals surface area contributed by atoms with Crippen LogP contribution in [0.2, 0.25) is 0 Å². The Bertz CT molecular complexity index is 3550. The number of fused-ring (bicyclic) bond motifs is 6. The molecule has 0 aliphatic heterocycles. The molecule has 12 aromatic rings. The first-order chi connectivity index (χ1) is 30.7. The standard InChI is InChI=1S/C57H37N5/c1-5-17-38(18-6-1)43-33-44(57-59-55(39-19-7-2-8-20-39)58-56(60-57)40-21-9-3-10-22-40)35-46(34-43)62-52-28-16-14-26-48(52)50-32-30-42(37-54(50)62)41-29-31-49-47-25-13-15-27-51(47)61(53(49)36-41)45-23-11-4-12-24-45/h1-37H. The number of aromatic nitrogens is 5. The van der Waals surface area contributed by atoms with Gasteiger partial charge in [0.25, 0.3) is 0 Å². The molecule has 3 heterocycles. The van der Waals surface area contributed by atoms with Crippen molar-refractivity contribution in [2.24, 2.45) is 0 Å². The van der Waals surface area contributed by atoms with Gasteiger partial charge in [0.1, 0.15) is 0 Å². The molecule has 0 saturated carbocycles. The number of para-hydroxylation sites is 3. The monoisotopic (exact) mass is 791 g/mol. The summed E-state index contributed by atoms with van der Waals surface area (Å²) < 4.78 is 4.79. The summed E-state index contributed by atoms with van der Waals surface area (Å²) in [6.45, 7) is 0. The van der Waals surface area contributed by atoms with Crippen molar-refractivity contribution < 1.29 is 0 Å². The van der Waals surface area contributed by atoms with Crippen molar-refractivity contribution in [1.29, 1.82) is 0 Å². The SMILES string of the molecule is c1ccc(-c2cc(-c3nc(-c4ccccc4)nc(-c4ccccc4)n3)cc(-n3c4ccccc4c4ccc(-c5ccc6c7ccccc7n(-c7ccccc7)c6c5)cc43)c2)cc1. The average molecular weight is 792 g/mol. The first-order valence-corrected chi connectivity index (χ1v) is 20.9. The van der Waals surface area contributed by atoms with Gasteiger partial charge in [-0.15, -0.1) is 0 Å². The summed E-state index contributed by atoms with van der Waals surface area (Å²) in [5, 5.41) is 4.86. The minimum absolute atomic E-state index is 0.611. The molecule has 12 rings (SSSR count). The molecule has 0 bridgehead atoms. The van der Waals surface area contributed by atoms with Gasteiger partial charge in [0, 0.05) is 49.6 Å². The molecule has 0 unspecified atom stereocenters. The number of hydrogen-bond donors (Lipinski definition) is 0. The van der Waals surface area contributed by atoms with Crippen molar-refractivity contribution >= 4 is 43.6 Å². The van der Waals surface area contributed by atoms with Crippen LogP contribution in [0.15, 0.2) is 224 Å². The summed E-state index contributed by atoms with van der Waals surface area (Å²) in [6, 6.07) is 79.4. The van der Waals surface area contributed by atoms with Crippen LogP contribution >= 0.6 is 0 Å². The van der Waals surface area contributed by atoms with E-state index in [0.717, 1.165) is 61.4 Å². The topological polar surface area (TPSA) is 48.5 Å². The third-order valence-electron chi connectivity index (χ3n) is 11.9. The summed E-state index contributed by atoms with van der Waals surface area (Å²) >= 11 is 0. The molecule has 9 aromatic carbocycles. The van der Waals surface area contributed by atoms with Crippen molar-refractivity contribution in [3.05, 3.63) is 224 Å². The van der Waals surface area contributed by atoms with Gasteiger partial charge < -0.3 is 9.13 Å². The van der Waals surface area contributed by atoms with Crippen molar-refractivity contribution in [2.45, 2.75) is 0 Å². The van der Waals surface area contributed by atoms with Crippen LogP contribution in [-0.2, 0) is 0 Å². The summed E-state index contributed by atoms with van der Waals surface area (Å²) in [4.78, 5) is 15.3. The smallest absolute Gasteiger partial charge is 0.164 e. The van der Waals surface area contributed by atoms with Crippen LogP contribution in [0.5, 0.6) is 0 Å². The molecule has 0 N–H and O–H groups in total. The van der Waals surface area contributed by atoms with E-state index in [1.54, 1.807) is 0 Å². The molecule has 0 atom stereocenters. The molecule has 0 saturated heterocycles. The number of hydrogen-bond acceptors (Lipinski definition) is 3. The van der Waals surface area contributed by atoms with Crippen LogP contribution < -0.4 is 0 Å². The molecule has 290 valence electrons. The van der Waals surface area contributed by atoms with E-state index in [1.807, 2.05) is 36.4 Å². The van der Waals surface area contributed by atoms with Gasteiger partial charge in [-0.05, 0) is 76.9 Å². The Balaban J connectivity index is 1.09. The molecular weight excluding hydrogens is 755 g/mol. The zero-order valence-corrected chi connectivity index (χ0v) is 33.6. The molecule has 0 fully saturated rings. The third-order valence-corrected chi connectivity index (χ3v) is 11.9. The predicted octanol–water partition coefficient (Wildman–Crippen LogP) is 14.4. The van der Waals surface area contributed by atoms with Crippen molar-refractivity contribution in [2.75, 3.05) is 0 Å². The molecule has 0 aliphatic carbocycles. The van der Waals surface area contributed by atoms with Crippen LogP contribution in [0.3, 0.4) is 0 Å². The van der Waals surface area contributed by atoms with Crippen molar-refractivity contribution in [3.63, 3.8) is 0 Å². The third kappa shape index (κ3) is 6.06. The minimum atomic E-state index is 0.611. The fraction of sp³-hybridized carbons (Fsp3) is 0. The van der Waals surface area contributed by atoms with Crippen LogP contribution in [0, 0.1) is 0 Å². The summed E-state index contributed by atoms with van der Waals surface area (Å²) in [6.07, 6.45) is 0. The maximum Gasteiger partial charge on any atom is 0.164 e. The first-order valence-electron chi connectivity index (χ1n) is 20.9. The van der Waals surface area contributed by atoms with Crippen LogP contribution in [0.1, 0.15) is 0 Å². The Morgan fingerprint density at radius 3 is 1.13 bits per heavy atom. The maximum absolute atomic E-state index is 5.17.